The molecule has 0 radical (unpaired) electrons. The number of carbonyl (C=O) groups excluding carboxylic acids is 6. The number of alkyl carbamates (subject to hydrolysis) is 1. The molecule has 0 aromatic heterocycles. The number of fused-ring (bicyclic) bond motifs is 13. The van der Waals surface area contributed by atoms with E-state index in [1.807, 2.05) is 40.7 Å². The highest BCUT2D eigenvalue weighted by atomic mass is 31.2. The van der Waals surface area contributed by atoms with Crippen molar-refractivity contribution in [3.8, 4) is 23.0 Å². The molecule has 7 N–H and O–H groups in total. The van der Waals surface area contributed by atoms with Crippen LogP contribution in [-0.2, 0) is 44.6 Å². The molecule has 1 spiro atoms. The normalized spacial score (nSPS) is 26.5. The Labute approximate surface area is 519 Å². The van der Waals surface area contributed by atoms with Gasteiger partial charge in [-0.3, -0.25) is 33.6 Å². The Bertz CT molecular complexity index is 3410. The molecule has 89 heavy (non-hydrogen) atoms. The van der Waals surface area contributed by atoms with Gasteiger partial charge in [-0.25, -0.2) is 9.79 Å². The summed E-state index contributed by atoms with van der Waals surface area (Å²) in [5.74, 6) is -6.64. The van der Waals surface area contributed by atoms with Crippen LogP contribution in [0.15, 0.2) is 70.4 Å². The van der Waals surface area contributed by atoms with E-state index in [0.717, 1.165) is 6.54 Å². The van der Waals surface area contributed by atoms with E-state index in [0.29, 0.717) is 55.3 Å². The molecule has 3 aromatic rings. The summed E-state index contributed by atoms with van der Waals surface area (Å²) >= 11 is 0. The van der Waals surface area contributed by atoms with Gasteiger partial charge in [-0.2, -0.15) is 0 Å². The van der Waals surface area contributed by atoms with Crippen molar-refractivity contribution in [1.29, 1.82) is 0 Å². The molecule has 5 bridgehead atoms. The minimum Gasteiger partial charge on any atom is -0.507 e. The van der Waals surface area contributed by atoms with Gasteiger partial charge in [0.15, 0.2) is 5.75 Å². The number of ether oxygens (including phenoxy) is 5. The number of allylic oxidation sites excluding steroid dienone is 3. The first-order valence-corrected chi connectivity index (χ1v) is 32.4. The standard InChI is InChI=1S/C65H89N6O17P/c1-36(2)32-71-28-24-65(25-29-71)68-53-50-51-57(76)44(10)60-52(50)61(78)64(12,88-60)85-31-23-37(3)40(6)41(7)42(8)56(75)43(9)59(38(4)16-15-17-39(5)62(79)67-55(58(51)77)54(53)69-65)87-49(74)33-70(27-14-13-18-48(34-72)89(81,82)83)30-26-66-63(80)84-35-46-19-21-47(22-20-46)86-45(11)73/h15-17,19-23,31,34,36-38,40-43,48,56,59,68,75-77H,13-14,18,24-30,32-33,35H2,1-12H3,(H,66,80)(H2,81,82,83)/b16-15+,31-23+,39-17-,67-55?/t37-,38-,40+,41+,42-,43-,48?,56-,59-,64-/m0/s1. The average Bonchev–Trinajstić information content (AvgIpc) is 1.62. The van der Waals surface area contributed by atoms with Crippen molar-refractivity contribution >= 4 is 60.1 Å². The third-order valence-electron chi connectivity index (χ3n) is 18.0. The van der Waals surface area contributed by atoms with Gasteiger partial charge in [0.25, 0.3) is 11.7 Å². The number of hydrogen-bond acceptors (Lipinski definition) is 19. The van der Waals surface area contributed by atoms with Gasteiger partial charge in [0.1, 0.15) is 58.3 Å². The molecule has 8 rings (SSSR count). The number of aldehydes is 1. The SMILES string of the molecule is CC(=O)Oc1ccc(COC(=O)NCCN(CCCCC(C=O)P(=O)(O)O)CC(=O)O[C@@H]2[C@@H](C)[C@@H](O)[C@@H](C)[C@H](C)[C@H](C)[C@@H](C)/C=C/O[C@@]3(C)Oc4c(C)c(O)c5c(O)c(c6c(c5c4C3=O)NC3(CCN(CC(C)C)CC3)N=6)=NC(=O)/C(C)=C\C=C\[C@@H]2C)cc1. The molecule has 1 saturated heterocycles. The maximum absolute atomic E-state index is 14.9. The van der Waals surface area contributed by atoms with Crippen LogP contribution in [0.25, 0.3) is 10.8 Å². The summed E-state index contributed by atoms with van der Waals surface area (Å²) in [5, 5.41) is 42.9. The van der Waals surface area contributed by atoms with Crippen molar-refractivity contribution in [2.45, 2.75) is 151 Å². The highest BCUT2D eigenvalue weighted by Gasteiger charge is 2.51. The smallest absolute Gasteiger partial charge is 0.407 e. The zero-order valence-electron chi connectivity index (χ0n) is 53.1. The van der Waals surface area contributed by atoms with Crippen molar-refractivity contribution in [2.75, 3.05) is 51.1 Å². The van der Waals surface area contributed by atoms with Gasteiger partial charge < -0.3 is 69.1 Å². The van der Waals surface area contributed by atoms with Gasteiger partial charge in [0.2, 0.25) is 0 Å². The predicted octanol–water partition coefficient (Wildman–Crippen LogP) is 7.70. The van der Waals surface area contributed by atoms with Gasteiger partial charge in [0, 0.05) is 87.8 Å². The van der Waals surface area contributed by atoms with E-state index in [1.54, 1.807) is 62.1 Å². The lowest BCUT2D eigenvalue weighted by Gasteiger charge is -2.38. The highest BCUT2D eigenvalue weighted by Crippen LogP contribution is 2.51. The summed E-state index contributed by atoms with van der Waals surface area (Å²) in [6.07, 6.45) is 7.07. The monoisotopic (exact) mass is 1260 g/mol. The van der Waals surface area contributed by atoms with Crippen LogP contribution in [0.5, 0.6) is 23.0 Å². The number of piperidine rings is 1. The number of nitrogens with one attached hydrogen (secondary N) is 2. The molecule has 1 unspecified atom stereocenters. The molecule has 3 aromatic carbocycles. The maximum Gasteiger partial charge on any atom is 0.407 e. The first kappa shape index (κ1) is 69.5. The van der Waals surface area contributed by atoms with Crippen LogP contribution in [-0.4, -0.2) is 146 Å². The molecule has 0 saturated carbocycles. The van der Waals surface area contributed by atoms with E-state index >= 15 is 0 Å². The van der Waals surface area contributed by atoms with E-state index in [1.165, 1.54) is 26.2 Å². The number of hydrogen-bond donors (Lipinski definition) is 7. The average molecular weight is 1260 g/mol. The number of phenolic OH excluding ortho intramolecular Hbond substituents is 2. The molecule has 5 aliphatic rings. The number of aliphatic hydroxyl groups excluding tert-OH is 1. The summed E-state index contributed by atoms with van der Waals surface area (Å²) < 4.78 is 41.4. The Kier molecular flexibility index (Phi) is 22.9. The van der Waals surface area contributed by atoms with Gasteiger partial charge in [-0.05, 0) is 86.6 Å². The summed E-state index contributed by atoms with van der Waals surface area (Å²) in [4.78, 5) is 112. The molecule has 486 valence electrons. The number of carbonyl (C=O) groups is 6. The number of phenols is 2. The fourth-order valence-corrected chi connectivity index (χ4v) is 12.9. The molecule has 0 aliphatic carbocycles. The summed E-state index contributed by atoms with van der Waals surface area (Å²) in [6, 6.07) is 6.40. The zero-order valence-corrected chi connectivity index (χ0v) is 54.0. The summed E-state index contributed by atoms with van der Waals surface area (Å²) in [6.45, 7) is 23.9. The molecule has 10 atom stereocenters. The molecule has 1 fully saturated rings. The molecule has 23 nitrogen and oxygen atoms in total. The minimum atomic E-state index is -4.70. The molecule has 5 heterocycles. The molecule has 24 heteroatoms. The molecular weight excluding hydrogens is 1170 g/mol. The van der Waals surface area contributed by atoms with E-state index in [2.05, 4.69) is 34.4 Å². The number of rotatable bonds is 18. The van der Waals surface area contributed by atoms with Crippen molar-refractivity contribution in [3.05, 3.63) is 87.8 Å². The van der Waals surface area contributed by atoms with Crippen LogP contribution in [0.3, 0.4) is 0 Å². The van der Waals surface area contributed by atoms with Gasteiger partial charge in [-0.15, -0.1) is 0 Å². The Morgan fingerprint density at radius 3 is 2.25 bits per heavy atom. The van der Waals surface area contributed by atoms with Crippen LogP contribution >= 0.6 is 7.60 Å². The second-order valence-corrected chi connectivity index (χ2v) is 27.0. The number of benzene rings is 3. The number of anilines is 1. The number of esters is 2. The van der Waals surface area contributed by atoms with Gasteiger partial charge >= 0.3 is 31.4 Å². The van der Waals surface area contributed by atoms with Crippen molar-refractivity contribution in [2.24, 2.45) is 51.4 Å². The first-order valence-electron chi connectivity index (χ1n) is 30.7. The van der Waals surface area contributed by atoms with Crippen LogP contribution < -0.4 is 30.8 Å². The Morgan fingerprint density at radius 2 is 1.61 bits per heavy atom. The number of aliphatic hydroxyl groups is 1. The third-order valence-corrected chi connectivity index (χ3v) is 19.3. The molecular formula is C65H89N6O17P. The summed E-state index contributed by atoms with van der Waals surface area (Å²) in [7, 11) is -4.70. The number of Topliss-reactive ketones (excluding diaryl/α,β-unsaturated/α-hetero) is 1. The van der Waals surface area contributed by atoms with Crippen molar-refractivity contribution in [3.63, 3.8) is 0 Å². The zero-order chi connectivity index (χ0) is 65.4. The van der Waals surface area contributed by atoms with Crippen LogP contribution in [0.2, 0.25) is 0 Å². The number of unbranched alkanes of at least 4 members (excludes halogenated alkanes) is 1. The number of likely N-dealkylation sites (tertiary alicyclic amines) is 1. The lowest BCUT2D eigenvalue weighted by Crippen LogP contribution is -2.47. The van der Waals surface area contributed by atoms with E-state index in [4.69, 9.17) is 28.7 Å². The van der Waals surface area contributed by atoms with Gasteiger partial charge in [0.05, 0.1) is 35.5 Å². The second-order valence-electron chi connectivity index (χ2n) is 25.2. The Morgan fingerprint density at radius 1 is 0.921 bits per heavy atom. The largest absolute Gasteiger partial charge is 0.507 e. The van der Waals surface area contributed by atoms with E-state index < -0.39 is 84.2 Å². The highest BCUT2D eigenvalue weighted by molar-refractivity contribution is 7.53. The third kappa shape index (κ3) is 16.5. The Hall–Kier alpha value is -7.01. The fraction of sp³-hybridized carbons (Fsp3) is 0.569. The Balaban J connectivity index is 1.21. The van der Waals surface area contributed by atoms with E-state index in [-0.39, 0.29) is 125 Å². The number of nitrogens with zero attached hydrogens (tertiary/aromatic N) is 4. The lowest BCUT2D eigenvalue weighted by atomic mass is 9.72. The maximum atomic E-state index is 14.9. The second kappa shape index (κ2) is 29.3. The van der Waals surface area contributed by atoms with E-state index in [9.17, 15) is 58.4 Å². The molecule has 5 aliphatic heterocycles. The van der Waals surface area contributed by atoms with Crippen molar-refractivity contribution in [1.82, 2.24) is 15.1 Å². The number of ketones is 1. The summed E-state index contributed by atoms with van der Waals surface area (Å²) in [5.41, 5.74) is -1.11. The number of aromatic hydroxyl groups is 2. The van der Waals surface area contributed by atoms with Crippen LogP contribution in [0.1, 0.15) is 130 Å². The number of amides is 2. The van der Waals surface area contributed by atoms with Crippen LogP contribution in [0.4, 0.5) is 10.5 Å². The topological polar surface area (TPSA) is 322 Å². The first-order chi connectivity index (χ1) is 41.9. The quantitative estimate of drug-likeness (QED) is 0.0160. The van der Waals surface area contributed by atoms with Crippen molar-refractivity contribution < 1.29 is 82.1 Å². The fourth-order valence-electron chi connectivity index (χ4n) is 12.2. The molecule has 2 amide bonds. The van der Waals surface area contributed by atoms with Gasteiger partial charge in [-0.1, -0.05) is 92.2 Å². The van der Waals surface area contributed by atoms with Crippen LogP contribution in [0, 0.1) is 48.3 Å². The predicted molar refractivity (Wildman–Crippen MR) is 332 cm³/mol. The lowest BCUT2D eigenvalue weighted by molar-refractivity contribution is -0.159. The minimum absolute atomic E-state index is 0.000547.